The first-order chi connectivity index (χ1) is 9.59. The summed E-state index contributed by atoms with van der Waals surface area (Å²) >= 11 is 11.3. The van der Waals surface area contributed by atoms with E-state index in [-0.39, 0.29) is 24.5 Å². The highest BCUT2D eigenvalue weighted by Gasteiger charge is 2.45. The average molecular weight is 356 g/mol. The molecule has 2 rings (SSSR count). The largest absolute Gasteiger partial charge is 0.481 e. The summed E-state index contributed by atoms with van der Waals surface area (Å²) in [6.45, 7) is 1.31. The van der Waals surface area contributed by atoms with E-state index in [2.05, 4.69) is 0 Å². The molecule has 0 saturated carbocycles. The maximum atomic E-state index is 13.6. The van der Waals surface area contributed by atoms with Crippen molar-refractivity contribution in [1.29, 1.82) is 0 Å². The smallest absolute Gasteiger partial charge is 0.310 e. The average Bonchev–Trinajstić information content (AvgIpc) is 2.80. The third-order valence-electron chi connectivity index (χ3n) is 3.57. The molecule has 1 aliphatic heterocycles. The molecule has 1 heterocycles. The van der Waals surface area contributed by atoms with E-state index >= 15 is 0 Å². The number of sulfonamides is 1. The molecule has 0 spiro atoms. The molecule has 21 heavy (non-hydrogen) atoms. The Labute approximate surface area is 131 Å². The topological polar surface area (TPSA) is 74.7 Å². The predicted octanol–water partition coefficient (Wildman–Crippen LogP) is 2.62. The number of hydrogen-bond donors (Lipinski definition) is 1. The Morgan fingerprint density at radius 1 is 1.43 bits per heavy atom. The zero-order valence-electron chi connectivity index (χ0n) is 10.9. The Bertz CT molecular complexity index is 709. The third kappa shape index (κ3) is 2.75. The molecule has 1 atom stereocenters. The van der Waals surface area contributed by atoms with Crippen LogP contribution in [0.1, 0.15) is 13.3 Å². The Morgan fingerprint density at radius 3 is 2.57 bits per heavy atom. The second-order valence-corrected chi connectivity index (χ2v) is 7.82. The molecule has 5 nitrogen and oxygen atoms in total. The molecular weight excluding hydrogens is 344 g/mol. The van der Waals surface area contributed by atoms with Gasteiger partial charge in [-0.2, -0.15) is 4.31 Å². The molecule has 1 aromatic rings. The van der Waals surface area contributed by atoms with Crippen LogP contribution in [0.4, 0.5) is 4.39 Å². The Morgan fingerprint density at radius 2 is 2.05 bits per heavy atom. The van der Waals surface area contributed by atoms with Crippen LogP contribution in [0.5, 0.6) is 0 Å². The minimum atomic E-state index is -4.07. The fraction of sp³-hybridized carbons (Fsp3) is 0.417. The molecule has 9 heteroatoms. The fourth-order valence-electron chi connectivity index (χ4n) is 2.15. The maximum Gasteiger partial charge on any atom is 0.310 e. The molecular formula is C12H12Cl2FNO4S. The zero-order chi connectivity index (χ0) is 16.0. The van der Waals surface area contributed by atoms with Crippen LogP contribution in [0.25, 0.3) is 0 Å². The number of nitrogens with zero attached hydrogens (tertiary/aromatic N) is 1. The second kappa shape index (κ2) is 5.39. The summed E-state index contributed by atoms with van der Waals surface area (Å²) in [6.07, 6.45) is 0.176. The van der Waals surface area contributed by atoms with E-state index in [4.69, 9.17) is 28.3 Å². The number of carboxylic acid groups (broad SMARTS) is 1. The van der Waals surface area contributed by atoms with Crippen LogP contribution in [-0.2, 0) is 14.8 Å². The van der Waals surface area contributed by atoms with Crippen LogP contribution in [0, 0.1) is 11.2 Å². The second-order valence-electron chi connectivity index (χ2n) is 5.13. The quantitative estimate of drug-likeness (QED) is 0.845. The number of carbonyl (C=O) groups is 1. The van der Waals surface area contributed by atoms with Gasteiger partial charge in [-0.1, -0.05) is 23.2 Å². The van der Waals surface area contributed by atoms with Crippen molar-refractivity contribution >= 4 is 39.2 Å². The van der Waals surface area contributed by atoms with Gasteiger partial charge in [0.05, 0.1) is 15.5 Å². The van der Waals surface area contributed by atoms with Crippen LogP contribution in [-0.4, -0.2) is 36.9 Å². The summed E-state index contributed by atoms with van der Waals surface area (Å²) < 4.78 is 39.6. The highest BCUT2D eigenvalue weighted by atomic mass is 35.5. The first kappa shape index (κ1) is 16.5. The Hall–Kier alpha value is -0.890. The summed E-state index contributed by atoms with van der Waals surface area (Å²) in [4.78, 5) is 10.8. The van der Waals surface area contributed by atoms with Gasteiger partial charge in [0, 0.05) is 13.1 Å². The Kier molecular flexibility index (Phi) is 4.23. The summed E-state index contributed by atoms with van der Waals surface area (Å²) in [5.74, 6) is -2.09. The van der Waals surface area contributed by atoms with Crippen molar-refractivity contribution in [2.75, 3.05) is 13.1 Å². The minimum Gasteiger partial charge on any atom is -0.481 e. The van der Waals surface area contributed by atoms with Gasteiger partial charge in [0.15, 0.2) is 5.82 Å². The van der Waals surface area contributed by atoms with Gasteiger partial charge in [-0.15, -0.1) is 0 Å². The van der Waals surface area contributed by atoms with Crippen LogP contribution in [0.3, 0.4) is 0 Å². The van der Waals surface area contributed by atoms with E-state index in [0.717, 1.165) is 16.4 Å². The van der Waals surface area contributed by atoms with Crippen molar-refractivity contribution in [1.82, 2.24) is 4.31 Å². The van der Waals surface area contributed by atoms with E-state index in [1.54, 1.807) is 0 Å². The van der Waals surface area contributed by atoms with Crippen LogP contribution in [0.2, 0.25) is 10.0 Å². The lowest BCUT2D eigenvalue weighted by atomic mass is 9.90. The van der Waals surface area contributed by atoms with E-state index in [1.165, 1.54) is 6.92 Å². The van der Waals surface area contributed by atoms with E-state index in [9.17, 15) is 17.6 Å². The lowest BCUT2D eigenvalue weighted by Gasteiger charge is -2.20. The Balaban J connectivity index is 2.41. The van der Waals surface area contributed by atoms with Crippen molar-refractivity contribution in [2.24, 2.45) is 5.41 Å². The number of hydrogen-bond acceptors (Lipinski definition) is 3. The van der Waals surface area contributed by atoms with Crippen LogP contribution in [0.15, 0.2) is 17.0 Å². The normalized spacial score (nSPS) is 23.4. The zero-order valence-corrected chi connectivity index (χ0v) is 13.3. The van der Waals surface area contributed by atoms with Crippen molar-refractivity contribution in [3.05, 3.63) is 28.0 Å². The molecule has 1 aliphatic rings. The first-order valence-electron chi connectivity index (χ1n) is 5.96. The number of carboxylic acids is 1. The summed E-state index contributed by atoms with van der Waals surface area (Å²) in [6, 6.07) is 2.21. The molecule has 1 aromatic carbocycles. The van der Waals surface area contributed by atoms with Gasteiger partial charge in [0.25, 0.3) is 0 Å². The third-order valence-corrected chi connectivity index (χ3v) is 6.23. The molecule has 1 N–H and O–H groups in total. The van der Waals surface area contributed by atoms with Gasteiger partial charge < -0.3 is 5.11 Å². The summed E-state index contributed by atoms with van der Waals surface area (Å²) in [7, 11) is -4.07. The predicted molar refractivity (Wildman–Crippen MR) is 75.5 cm³/mol. The van der Waals surface area contributed by atoms with Gasteiger partial charge in [-0.05, 0) is 25.5 Å². The van der Waals surface area contributed by atoms with E-state index in [0.29, 0.717) is 0 Å². The molecule has 116 valence electrons. The van der Waals surface area contributed by atoms with E-state index in [1.807, 2.05) is 0 Å². The number of rotatable bonds is 3. The molecule has 0 amide bonds. The fourth-order valence-corrected chi connectivity index (χ4v) is 4.43. The first-order valence-corrected chi connectivity index (χ1v) is 8.16. The summed E-state index contributed by atoms with van der Waals surface area (Å²) in [5.41, 5.74) is -1.16. The standard InChI is InChI=1S/C12H12Cl2FNO4S/c1-12(11(17)18)4-5-16(6-12)21(19,20)8-3-2-7(13)10(15)9(8)14/h2-3H,4-6H2,1H3,(H,17,18). The van der Waals surface area contributed by atoms with Crippen molar-refractivity contribution in [3.63, 3.8) is 0 Å². The van der Waals surface area contributed by atoms with Crippen LogP contribution < -0.4 is 0 Å². The molecule has 0 aromatic heterocycles. The number of benzene rings is 1. The molecule has 0 aliphatic carbocycles. The SMILES string of the molecule is CC1(C(=O)O)CCN(S(=O)(=O)c2ccc(Cl)c(F)c2Cl)C1. The van der Waals surface area contributed by atoms with Crippen molar-refractivity contribution < 1.29 is 22.7 Å². The van der Waals surface area contributed by atoms with Gasteiger partial charge in [0.2, 0.25) is 10.0 Å². The number of halogens is 3. The highest BCUT2D eigenvalue weighted by Crippen LogP contribution is 2.37. The molecule has 0 radical (unpaired) electrons. The van der Waals surface area contributed by atoms with Gasteiger partial charge >= 0.3 is 5.97 Å². The summed E-state index contributed by atoms with van der Waals surface area (Å²) in [5, 5.41) is 8.26. The lowest BCUT2D eigenvalue weighted by Crippen LogP contribution is -2.35. The van der Waals surface area contributed by atoms with E-state index < -0.39 is 37.1 Å². The maximum absolute atomic E-state index is 13.6. The monoisotopic (exact) mass is 355 g/mol. The van der Waals surface area contributed by atoms with Crippen molar-refractivity contribution in [2.45, 2.75) is 18.2 Å². The van der Waals surface area contributed by atoms with Crippen LogP contribution >= 0.6 is 23.2 Å². The molecule has 1 fully saturated rings. The molecule has 0 bridgehead atoms. The minimum absolute atomic E-state index is 0.0334. The highest BCUT2D eigenvalue weighted by molar-refractivity contribution is 7.89. The molecule has 1 unspecified atom stereocenters. The number of aliphatic carboxylic acids is 1. The molecule has 1 saturated heterocycles. The van der Waals surface area contributed by atoms with Gasteiger partial charge in [0.1, 0.15) is 4.90 Å². The van der Waals surface area contributed by atoms with Crippen molar-refractivity contribution in [3.8, 4) is 0 Å². The van der Waals surface area contributed by atoms with Gasteiger partial charge in [-0.25, -0.2) is 12.8 Å². The lowest BCUT2D eigenvalue weighted by molar-refractivity contribution is -0.146. The van der Waals surface area contributed by atoms with Gasteiger partial charge in [-0.3, -0.25) is 4.79 Å².